The number of hydrogen-bond donors (Lipinski definition) is 2. The van der Waals surface area contributed by atoms with E-state index < -0.39 is 11.7 Å². The van der Waals surface area contributed by atoms with Gasteiger partial charge in [0.05, 0.1) is 11.9 Å². The van der Waals surface area contributed by atoms with Crippen LogP contribution in [0.2, 0.25) is 0 Å². The zero-order valence-corrected chi connectivity index (χ0v) is 14.4. The lowest BCUT2D eigenvalue weighted by Gasteiger charge is -2.35. The quantitative estimate of drug-likeness (QED) is 0.857. The van der Waals surface area contributed by atoms with Crippen LogP contribution in [0.15, 0.2) is 22.9 Å². The molecular formula is C15H20BrN3O3. The van der Waals surface area contributed by atoms with Gasteiger partial charge in [0.1, 0.15) is 5.60 Å². The maximum Gasteiger partial charge on any atom is 0.407 e. The molecule has 0 atom stereocenters. The molecule has 0 saturated heterocycles. The number of aromatic nitrogens is 1. The van der Waals surface area contributed by atoms with Crippen molar-refractivity contribution in [2.75, 3.05) is 5.32 Å². The number of hydrogen-bond acceptors (Lipinski definition) is 4. The topological polar surface area (TPSA) is 80.3 Å². The van der Waals surface area contributed by atoms with Crippen molar-refractivity contribution < 1.29 is 14.3 Å². The van der Waals surface area contributed by atoms with Crippen LogP contribution >= 0.6 is 15.9 Å². The Morgan fingerprint density at radius 2 is 2.05 bits per heavy atom. The number of halogens is 1. The molecule has 1 aliphatic carbocycles. The minimum atomic E-state index is -0.517. The average Bonchev–Trinajstić information content (AvgIpc) is 2.33. The second-order valence-electron chi connectivity index (χ2n) is 6.36. The second-order valence-corrected chi connectivity index (χ2v) is 7.21. The van der Waals surface area contributed by atoms with Gasteiger partial charge in [-0.15, -0.1) is 0 Å². The van der Waals surface area contributed by atoms with Gasteiger partial charge in [0, 0.05) is 22.6 Å². The standard InChI is InChI=1S/C15H20BrN3O3/c1-15(2,3)22-14(21)18-10-6-9(7-10)13(20)19-12-8-17-5-4-11(12)16/h4-5,8-10H,6-7H2,1-3H3,(H,18,21)(H,19,20). The molecule has 2 N–H and O–H groups in total. The Labute approximate surface area is 138 Å². The largest absolute Gasteiger partial charge is 0.444 e. The number of carbonyl (C=O) groups excluding carboxylic acids is 2. The normalized spacial score (nSPS) is 20.7. The molecule has 1 aromatic rings. The molecule has 1 heterocycles. The summed E-state index contributed by atoms with van der Waals surface area (Å²) in [5.41, 5.74) is 0.132. The van der Waals surface area contributed by atoms with Crippen LogP contribution in [0.3, 0.4) is 0 Å². The molecule has 0 bridgehead atoms. The zero-order chi connectivity index (χ0) is 16.3. The van der Waals surface area contributed by atoms with Crippen molar-refractivity contribution in [2.24, 2.45) is 5.92 Å². The Morgan fingerprint density at radius 1 is 1.36 bits per heavy atom. The summed E-state index contributed by atoms with van der Waals surface area (Å²) in [6.45, 7) is 5.44. The molecule has 0 aromatic carbocycles. The summed E-state index contributed by atoms with van der Waals surface area (Å²) in [5, 5.41) is 5.60. The van der Waals surface area contributed by atoms with Crippen LogP contribution in [0.5, 0.6) is 0 Å². The third-order valence-electron chi connectivity index (χ3n) is 3.26. The van der Waals surface area contributed by atoms with E-state index in [0.717, 1.165) is 4.47 Å². The molecule has 0 radical (unpaired) electrons. The van der Waals surface area contributed by atoms with Gasteiger partial charge in [-0.1, -0.05) is 0 Å². The fourth-order valence-electron chi connectivity index (χ4n) is 2.13. The van der Waals surface area contributed by atoms with Crippen molar-refractivity contribution in [2.45, 2.75) is 45.3 Å². The van der Waals surface area contributed by atoms with Gasteiger partial charge < -0.3 is 15.4 Å². The molecule has 1 fully saturated rings. The Balaban J connectivity index is 1.76. The lowest BCUT2D eigenvalue weighted by Crippen LogP contribution is -2.49. The van der Waals surface area contributed by atoms with Gasteiger partial charge in [0.2, 0.25) is 5.91 Å². The number of ether oxygens (including phenoxy) is 1. The fourth-order valence-corrected chi connectivity index (χ4v) is 2.45. The highest BCUT2D eigenvalue weighted by Gasteiger charge is 2.36. The van der Waals surface area contributed by atoms with Crippen molar-refractivity contribution >= 4 is 33.6 Å². The lowest BCUT2D eigenvalue weighted by atomic mass is 9.79. The van der Waals surface area contributed by atoms with Gasteiger partial charge in [-0.25, -0.2) is 4.79 Å². The first kappa shape index (κ1) is 16.7. The minimum absolute atomic E-state index is 0.0112. The molecule has 2 rings (SSSR count). The molecule has 6 nitrogen and oxygen atoms in total. The highest BCUT2D eigenvalue weighted by atomic mass is 79.9. The lowest BCUT2D eigenvalue weighted by molar-refractivity contribution is -0.123. The second kappa shape index (κ2) is 6.64. The van der Waals surface area contributed by atoms with Crippen molar-refractivity contribution in [1.82, 2.24) is 10.3 Å². The maximum atomic E-state index is 12.1. The predicted molar refractivity (Wildman–Crippen MR) is 86.4 cm³/mol. The summed E-state index contributed by atoms with van der Waals surface area (Å²) in [4.78, 5) is 27.7. The fraction of sp³-hybridized carbons (Fsp3) is 0.533. The van der Waals surface area contributed by atoms with E-state index in [2.05, 4.69) is 31.5 Å². The van der Waals surface area contributed by atoms with E-state index in [4.69, 9.17) is 4.74 Å². The molecule has 7 heteroatoms. The van der Waals surface area contributed by atoms with Gasteiger partial charge in [-0.3, -0.25) is 9.78 Å². The molecule has 1 aromatic heterocycles. The Kier molecular flexibility index (Phi) is 5.05. The maximum absolute atomic E-state index is 12.1. The molecule has 1 aliphatic rings. The molecule has 0 spiro atoms. The number of nitrogens with zero attached hydrogens (tertiary/aromatic N) is 1. The first-order chi connectivity index (χ1) is 10.2. The number of alkyl carbamates (subject to hydrolysis) is 1. The van der Waals surface area contributed by atoms with Crippen LogP contribution < -0.4 is 10.6 Å². The molecule has 0 aliphatic heterocycles. The van der Waals surface area contributed by atoms with Crippen molar-refractivity contribution in [3.05, 3.63) is 22.9 Å². The molecular weight excluding hydrogens is 350 g/mol. The number of pyridine rings is 1. The van der Waals surface area contributed by atoms with Crippen LogP contribution in [0, 0.1) is 5.92 Å². The van der Waals surface area contributed by atoms with Crippen molar-refractivity contribution in [3.63, 3.8) is 0 Å². The number of carbonyl (C=O) groups is 2. The summed E-state index contributed by atoms with van der Waals surface area (Å²) in [5.74, 6) is -0.164. The smallest absolute Gasteiger partial charge is 0.407 e. The summed E-state index contributed by atoms with van der Waals surface area (Å²) in [7, 11) is 0. The molecule has 1 saturated carbocycles. The summed E-state index contributed by atoms with van der Waals surface area (Å²) < 4.78 is 5.98. The van der Waals surface area contributed by atoms with Crippen LogP contribution in [-0.4, -0.2) is 28.6 Å². The first-order valence-electron chi connectivity index (χ1n) is 7.14. The van der Waals surface area contributed by atoms with Crippen LogP contribution in [0.25, 0.3) is 0 Å². The summed E-state index contributed by atoms with van der Waals surface area (Å²) in [6.07, 6.45) is 4.03. The van der Waals surface area contributed by atoms with E-state index in [1.54, 1.807) is 18.5 Å². The highest BCUT2D eigenvalue weighted by molar-refractivity contribution is 9.10. The zero-order valence-electron chi connectivity index (χ0n) is 12.9. The van der Waals surface area contributed by atoms with E-state index in [1.165, 1.54) is 0 Å². The van der Waals surface area contributed by atoms with Crippen molar-refractivity contribution in [1.29, 1.82) is 0 Å². The third-order valence-corrected chi connectivity index (χ3v) is 3.95. The first-order valence-corrected chi connectivity index (χ1v) is 7.94. The summed E-state index contributed by atoms with van der Waals surface area (Å²) in [6, 6.07) is 1.76. The third kappa shape index (κ3) is 4.69. The van der Waals surface area contributed by atoms with Gasteiger partial charge in [0.15, 0.2) is 0 Å². The van der Waals surface area contributed by atoms with E-state index >= 15 is 0 Å². The molecule has 2 amide bonds. The number of amides is 2. The molecule has 0 unspecified atom stereocenters. The average molecular weight is 370 g/mol. The van der Waals surface area contributed by atoms with E-state index in [9.17, 15) is 9.59 Å². The Hall–Kier alpha value is -1.63. The van der Waals surface area contributed by atoms with E-state index in [1.807, 2.05) is 20.8 Å². The highest BCUT2D eigenvalue weighted by Crippen LogP contribution is 2.30. The predicted octanol–water partition coefficient (Wildman–Crippen LogP) is 3.09. The Morgan fingerprint density at radius 3 is 2.64 bits per heavy atom. The molecule has 22 heavy (non-hydrogen) atoms. The molecule has 120 valence electrons. The van der Waals surface area contributed by atoms with Crippen LogP contribution in [-0.2, 0) is 9.53 Å². The van der Waals surface area contributed by atoms with E-state index in [-0.39, 0.29) is 17.9 Å². The van der Waals surface area contributed by atoms with Gasteiger partial charge >= 0.3 is 6.09 Å². The van der Waals surface area contributed by atoms with Crippen LogP contribution in [0.1, 0.15) is 33.6 Å². The van der Waals surface area contributed by atoms with Crippen molar-refractivity contribution in [3.8, 4) is 0 Å². The number of rotatable bonds is 3. The number of anilines is 1. The van der Waals surface area contributed by atoms with Gasteiger partial charge in [-0.2, -0.15) is 0 Å². The van der Waals surface area contributed by atoms with Crippen LogP contribution in [0.4, 0.5) is 10.5 Å². The van der Waals surface area contributed by atoms with E-state index in [0.29, 0.717) is 18.5 Å². The van der Waals surface area contributed by atoms with Gasteiger partial charge in [-0.05, 0) is 55.6 Å². The minimum Gasteiger partial charge on any atom is -0.444 e. The monoisotopic (exact) mass is 369 g/mol. The Bertz CT molecular complexity index is 565. The van der Waals surface area contributed by atoms with Gasteiger partial charge in [0.25, 0.3) is 0 Å². The SMILES string of the molecule is CC(C)(C)OC(=O)NC1CC(C(=O)Nc2cnccc2Br)C1. The number of nitrogens with one attached hydrogen (secondary N) is 2. The summed E-state index contributed by atoms with van der Waals surface area (Å²) >= 11 is 3.36.